The maximum atomic E-state index is 13.4. The van der Waals surface area contributed by atoms with Gasteiger partial charge in [-0.25, -0.2) is 5.01 Å². The molecule has 0 aromatic heterocycles. The molecule has 0 bridgehead atoms. The second-order valence-electron chi connectivity index (χ2n) is 7.61. The fraction of sp³-hybridized carbons (Fsp3) is 0.318. The maximum absolute atomic E-state index is 13.4. The number of nitrogens with zero attached hydrogens (tertiary/aromatic N) is 3. The van der Waals surface area contributed by atoms with Crippen LogP contribution in [0.1, 0.15) is 41.6 Å². The van der Waals surface area contributed by atoms with E-state index in [2.05, 4.69) is 0 Å². The Balaban J connectivity index is 1.76. The van der Waals surface area contributed by atoms with Gasteiger partial charge in [-0.1, -0.05) is 55.3 Å². The van der Waals surface area contributed by atoms with Crippen molar-refractivity contribution in [3.05, 3.63) is 75.8 Å². The summed E-state index contributed by atoms with van der Waals surface area (Å²) in [5.41, 5.74) is 0.186. The lowest BCUT2D eigenvalue weighted by Crippen LogP contribution is -2.49. The molecule has 2 fully saturated rings. The summed E-state index contributed by atoms with van der Waals surface area (Å²) in [6.45, 7) is -0.0390. The van der Waals surface area contributed by atoms with Gasteiger partial charge in [0.1, 0.15) is 5.56 Å². The molecule has 3 amide bonds. The van der Waals surface area contributed by atoms with Crippen molar-refractivity contribution < 1.29 is 19.3 Å². The number of imide groups is 1. The predicted molar refractivity (Wildman–Crippen MR) is 107 cm³/mol. The molecule has 2 aliphatic rings. The smallest absolute Gasteiger partial charge is 0.272 e. The summed E-state index contributed by atoms with van der Waals surface area (Å²) in [4.78, 5) is 50.5. The third kappa shape index (κ3) is 3.45. The van der Waals surface area contributed by atoms with Gasteiger partial charge in [-0.05, 0) is 24.5 Å². The molecule has 1 heterocycles. The molecule has 0 unspecified atom stereocenters. The molecular formula is C22H21N3O5. The summed E-state index contributed by atoms with van der Waals surface area (Å²) in [5.74, 6) is -2.39. The van der Waals surface area contributed by atoms with Crippen LogP contribution in [-0.4, -0.2) is 32.7 Å². The van der Waals surface area contributed by atoms with E-state index in [4.69, 9.17) is 0 Å². The van der Waals surface area contributed by atoms with Crippen molar-refractivity contribution in [2.45, 2.75) is 32.2 Å². The number of nitro groups is 1. The molecule has 8 heteroatoms. The van der Waals surface area contributed by atoms with Crippen molar-refractivity contribution in [1.29, 1.82) is 0 Å². The van der Waals surface area contributed by atoms with E-state index in [0.717, 1.165) is 22.9 Å². The minimum atomic E-state index is -0.744. The van der Waals surface area contributed by atoms with Crippen LogP contribution in [0.25, 0.3) is 0 Å². The lowest BCUT2D eigenvalue weighted by molar-refractivity contribution is -0.385. The highest BCUT2D eigenvalue weighted by molar-refractivity contribution is 6.08. The number of hydrogen-bond donors (Lipinski definition) is 0. The van der Waals surface area contributed by atoms with Gasteiger partial charge in [-0.2, -0.15) is 5.01 Å². The Morgan fingerprint density at radius 1 is 0.967 bits per heavy atom. The van der Waals surface area contributed by atoms with E-state index >= 15 is 0 Å². The maximum Gasteiger partial charge on any atom is 0.282 e. The van der Waals surface area contributed by atoms with E-state index in [1.54, 1.807) is 24.3 Å². The summed E-state index contributed by atoms with van der Waals surface area (Å²) >= 11 is 0. The Labute approximate surface area is 173 Å². The number of rotatable bonds is 5. The third-order valence-corrected chi connectivity index (χ3v) is 5.80. The zero-order valence-electron chi connectivity index (χ0n) is 16.3. The molecule has 2 aromatic carbocycles. The predicted octanol–water partition coefficient (Wildman–Crippen LogP) is 3.33. The first-order chi connectivity index (χ1) is 14.5. The highest BCUT2D eigenvalue weighted by Crippen LogP contribution is 2.39. The number of hydrazine groups is 1. The van der Waals surface area contributed by atoms with E-state index in [1.807, 2.05) is 6.07 Å². The first kappa shape index (κ1) is 19.8. The van der Waals surface area contributed by atoms with Crippen molar-refractivity contribution in [3.8, 4) is 0 Å². The summed E-state index contributed by atoms with van der Waals surface area (Å²) in [5, 5.41) is 13.5. The molecule has 30 heavy (non-hydrogen) atoms. The molecule has 4 rings (SSSR count). The number of fused-ring (bicyclic) bond motifs is 1. The first-order valence-electron chi connectivity index (χ1n) is 9.96. The quantitative estimate of drug-likeness (QED) is 0.430. The second-order valence-corrected chi connectivity index (χ2v) is 7.61. The molecule has 2 atom stereocenters. The number of nitro benzene ring substituents is 1. The number of carbonyl (C=O) groups is 3. The van der Waals surface area contributed by atoms with Crippen molar-refractivity contribution in [1.82, 2.24) is 10.0 Å². The molecule has 0 radical (unpaired) electrons. The average Bonchev–Trinajstić information content (AvgIpc) is 3.03. The molecule has 1 aliphatic heterocycles. The lowest BCUT2D eigenvalue weighted by Gasteiger charge is -2.30. The SMILES string of the molecule is O=C(c1ccccc1[N+](=O)[O-])N(Cc1ccccc1)N1C(=O)[C@H]2CCCC[C@@H]2C1=O. The van der Waals surface area contributed by atoms with Gasteiger partial charge in [0.25, 0.3) is 23.4 Å². The minimum absolute atomic E-state index is 0.0390. The van der Waals surface area contributed by atoms with Crippen LogP contribution in [0.15, 0.2) is 54.6 Å². The van der Waals surface area contributed by atoms with E-state index in [-0.39, 0.29) is 17.8 Å². The van der Waals surface area contributed by atoms with E-state index in [9.17, 15) is 24.5 Å². The Morgan fingerprint density at radius 3 is 2.13 bits per heavy atom. The van der Waals surface area contributed by atoms with Gasteiger partial charge in [0.05, 0.1) is 23.3 Å². The van der Waals surface area contributed by atoms with Crippen LogP contribution in [-0.2, 0) is 16.1 Å². The van der Waals surface area contributed by atoms with E-state index in [0.29, 0.717) is 18.4 Å². The van der Waals surface area contributed by atoms with E-state index < -0.39 is 34.5 Å². The zero-order valence-corrected chi connectivity index (χ0v) is 16.3. The van der Waals surface area contributed by atoms with Gasteiger partial charge in [-0.15, -0.1) is 0 Å². The molecule has 1 saturated heterocycles. The molecule has 0 spiro atoms. The molecule has 1 saturated carbocycles. The lowest BCUT2D eigenvalue weighted by atomic mass is 9.81. The molecule has 2 aromatic rings. The van der Waals surface area contributed by atoms with Crippen molar-refractivity contribution in [2.75, 3.05) is 0 Å². The standard InChI is InChI=1S/C22H21N3O5/c26-20(18-12-6-7-13-19(18)25(29)30)23(14-15-8-2-1-3-9-15)24-21(27)16-10-4-5-11-17(16)22(24)28/h1-3,6-9,12-13,16-17H,4-5,10-11,14H2/t16-,17-/m0/s1. The van der Waals surface area contributed by atoms with Crippen molar-refractivity contribution in [3.63, 3.8) is 0 Å². The normalized spacial score (nSPS) is 20.7. The minimum Gasteiger partial charge on any atom is -0.272 e. The molecule has 8 nitrogen and oxygen atoms in total. The molecule has 154 valence electrons. The Kier molecular flexibility index (Phi) is 5.31. The second kappa shape index (κ2) is 8.06. The van der Waals surface area contributed by atoms with Crippen LogP contribution in [0.3, 0.4) is 0 Å². The topological polar surface area (TPSA) is 101 Å². The van der Waals surface area contributed by atoms with Gasteiger partial charge in [0, 0.05) is 6.07 Å². The zero-order chi connectivity index (χ0) is 21.3. The summed E-state index contributed by atoms with van der Waals surface area (Å²) in [7, 11) is 0. The summed E-state index contributed by atoms with van der Waals surface area (Å²) in [6, 6.07) is 14.5. The van der Waals surface area contributed by atoms with Gasteiger partial charge in [0.15, 0.2) is 0 Å². The van der Waals surface area contributed by atoms with Crippen LogP contribution >= 0.6 is 0 Å². The highest BCUT2D eigenvalue weighted by Gasteiger charge is 2.51. The number of para-hydroxylation sites is 1. The van der Waals surface area contributed by atoms with Crippen LogP contribution in [0.4, 0.5) is 5.69 Å². The molecular weight excluding hydrogens is 386 g/mol. The fourth-order valence-corrected chi connectivity index (χ4v) is 4.33. The van der Waals surface area contributed by atoms with Gasteiger partial charge < -0.3 is 0 Å². The van der Waals surface area contributed by atoms with Crippen molar-refractivity contribution >= 4 is 23.4 Å². The Bertz CT molecular complexity index is 983. The van der Waals surface area contributed by atoms with E-state index in [1.165, 1.54) is 24.3 Å². The number of benzene rings is 2. The fourth-order valence-electron chi connectivity index (χ4n) is 4.33. The molecule has 1 aliphatic carbocycles. The van der Waals surface area contributed by atoms with Gasteiger partial charge >= 0.3 is 0 Å². The van der Waals surface area contributed by atoms with Gasteiger partial charge in [0.2, 0.25) is 0 Å². The average molecular weight is 407 g/mol. The largest absolute Gasteiger partial charge is 0.282 e. The molecule has 0 N–H and O–H groups in total. The monoisotopic (exact) mass is 407 g/mol. The van der Waals surface area contributed by atoms with Crippen LogP contribution in [0.5, 0.6) is 0 Å². The van der Waals surface area contributed by atoms with Crippen LogP contribution in [0.2, 0.25) is 0 Å². The Morgan fingerprint density at radius 2 is 1.53 bits per heavy atom. The Hall–Kier alpha value is -3.55. The van der Waals surface area contributed by atoms with Crippen LogP contribution in [0, 0.1) is 22.0 Å². The first-order valence-corrected chi connectivity index (χ1v) is 9.96. The third-order valence-electron chi connectivity index (χ3n) is 5.80. The number of amides is 3. The number of carbonyl (C=O) groups excluding carboxylic acids is 3. The van der Waals surface area contributed by atoms with Crippen molar-refractivity contribution in [2.24, 2.45) is 11.8 Å². The van der Waals surface area contributed by atoms with Crippen LogP contribution < -0.4 is 0 Å². The van der Waals surface area contributed by atoms with Gasteiger partial charge in [-0.3, -0.25) is 24.5 Å². The summed E-state index contributed by atoms with van der Waals surface area (Å²) < 4.78 is 0. The highest BCUT2D eigenvalue weighted by atomic mass is 16.6. The summed E-state index contributed by atoms with van der Waals surface area (Å²) in [6.07, 6.45) is 2.96. The number of hydrogen-bond acceptors (Lipinski definition) is 5.